The number of hydrogen-bond donors (Lipinski definition) is 2. The standard InChI is InChI=1S/C11H19N3O2S2.ClH/c1-8-13-7-11(17-8)18(15,16)14-10-5-3-2-4-9(10)6-12;/h7,9-10,14H,2-6,12H2,1H3;1H. The monoisotopic (exact) mass is 325 g/mol. The van der Waals surface area contributed by atoms with Crippen LogP contribution in [0.2, 0.25) is 0 Å². The maximum atomic E-state index is 12.2. The Balaban J connectivity index is 0.00000180. The van der Waals surface area contributed by atoms with Gasteiger partial charge in [0, 0.05) is 6.04 Å². The summed E-state index contributed by atoms with van der Waals surface area (Å²) in [5.74, 6) is 0.252. The summed E-state index contributed by atoms with van der Waals surface area (Å²) in [4.78, 5) is 3.99. The highest BCUT2D eigenvalue weighted by Crippen LogP contribution is 2.26. The number of aryl methyl sites for hydroxylation is 1. The topological polar surface area (TPSA) is 85.1 Å². The highest BCUT2D eigenvalue weighted by Gasteiger charge is 2.29. The third kappa shape index (κ3) is 4.13. The van der Waals surface area contributed by atoms with Gasteiger partial charge >= 0.3 is 0 Å². The second-order valence-electron chi connectivity index (χ2n) is 4.71. The molecule has 0 spiro atoms. The molecule has 0 saturated heterocycles. The first-order valence-corrected chi connectivity index (χ1v) is 8.47. The molecular weight excluding hydrogens is 306 g/mol. The van der Waals surface area contributed by atoms with Crippen LogP contribution in [0.15, 0.2) is 10.4 Å². The fourth-order valence-electron chi connectivity index (χ4n) is 2.37. The smallest absolute Gasteiger partial charge is 0.251 e. The minimum Gasteiger partial charge on any atom is -0.330 e. The summed E-state index contributed by atoms with van der Waals surface area (Å²) in [5.41, 5.74) is 5.71. The van der Waals surface area contributed by atoms with E-state index in [1.54, 1.807) is 6.92 Å². The Morgan fingerprint density at radius 2 is 2.16 bits per heavy atom. The van der Waals surface area contributed by atoms with Crippen molar-refractivity contribution in [3.63, 3.8) is 0 Å². The zero-order valence-corrected chi connectivity index (χ0v) is 13.3. The lowest BCUT2D eigenvalue weighted by Crippen LogP contribution is -2.44. The van der Waals surface area contributed by atoms with E-state index < -0.39 is 10.0 Å². The minimum atomic E-state index is -3.43. The zero-order valence-electron chi connectivity index (χ0n) is 10.8. The summed E-state index contributed by atoms with van der Waals surface area (Å²) < 4.78 is 27.5. The number of rotatable bonds is 4. The summed E-state index contributed by atoms with van der Waals surface area (Å²) in [5, 5.41) is 0.759. The van der Waals surface area contributed by atoms with Crippen molar-refractivity contribution in [2.24, 2.45) is 11.7 Å². The summed E-state index contributed by atoms with van der Waals surface area (Å²) >= 11 is 1.20. The van der Waals surface area contributed by atoms with E-state index in [1.165, 1.54) is 17.5 Å². The fraction of sp³-hybridized carbons (Fsp3) is 0.727. The molecule has 0 amide bonds. The first kappa shape index (κ1) is 16.8. The van der Waals surface area contributed by atoms with Gasteiger partial charge in [0.05, 0.1) is 11.2 Å². The number of nitrogens with two attached hydrogens (primary N) is 1. The lowest BCUT2D eigenvalue weighted by Gasteiger charge is -2.30. The first-order valence-electron chi connectivity index (χ1n) is 6.18. The Kier molecular flexibility index (Phi) is 6.19. The van der Waals surface area contributed by atoms with Crippen LogP contribution in [0.4, 0.5) is 0 Å². The van der Waals surface area contributed by atoms with E-state index in [9.17, 15) is 8.42 Å². The molecule has 3 N–H and O–H groups in total. The van der Waals surface area contributed by atoms with Crippen molar-refractivity contribution in [3.8, 4) is 0 Å². The van der Waals surface area contributed by atoms with Gasteiger partial charge in [0.25, 0.3) is 10.0 Å². The molecule has 19 heavy (non-hydrogen) atoms. The van der Waals surface area contributed by atoms with Crippen LogP contribution in [0.3, 0.4) is 0 Å². The number of halogens is 1. The summed E-state index contributed by atoms with van der Waals surface area (Å²) in [6, 6.07) is -0.0313. The third-order valence-corrected chi connectivity index (χ3v) is 6.25. The van der Waals surface area contributed by atoms with Gasteiger partial charge < -0.3 is 5.73 Å². The molecule has 5 nitrogen and oxygen atoms in total. The van der Waals surface area contributed by atoms with Crippen molar-refractivity contribution in [2.75, 3.05) is 6.54 Å². The van der Waals surface area contributed by atoms with Gasteiger partial charge in [0.2, 0.25) is 0 Å². The lowest BCUT2D eigenvalue weighted by atomic mass is 9.85. The normalized spacial score (nSPS) is 23.9. The Hall–Kier alpha value is -0.210. The van der Waals surface area contributed by atoms with Gasteiger partial charge in [0.1, 0.15) is 0 Å². The molecule has 2 atom stereocenters. The summed E-state index contributed by atoms with van der Waals surface area (Å²) in [6.07, 6.45) is 5.50. The zero-order chi connectivity index (χ0) is 13.2. The largest absolute Gasteiger partial charge is 0.330 e. The number of aromatic nitrogens is 1. The van der Waals surface area contributed by atoms with Crippen LogP contribution in [-0.4, -0.2) is 26.0 Å². The van der Waals surface area contributed by atoms with Gasteiger partial charge in [-0.05, 0) is 32.2 Å². The minimum absolute atomic E-state index is 0. The van der Waals surface area contributed by atoms with Gasteiger partial charge in [-0.15, -0.1) is 23.7 Å². The molecule has 1 saturated carbocycles. The van der Waals surface area contributed by atoms with Crippen LogP contribution >= 0.6 is 23.7 Å². The lowest BCUT2D eigenvalue weighted by molar-refractivity contribution is 0.296. The Morgan fingerprint density at radius 1 is 1.47 bits per heavy atom. The molecule has 1 aromatic rings. The maximum Gasteiger partial charge on any atom is 0.251 e. The van der Waals surface area contributed by atoms with E-state index in [1.807, 2.05) is 0 Å². The maximum absolute atomic E-state index is 12.2. The molecule has 2 rings (SSSR count). The summed E-state index contributed by atoms with van der Waals surface area (Å²) in [7, 11) is -3.43. The first-order chi connectivity index (χ1) is 8.53. The molecule has 1 aliphatic carbocycles. The van der Waals surface area contributed by atoms with Crippen LogP contribution in [0, 0.1) is 12.8 Å². The Labute approximate surface area is 124 Å². The van der Waals surface area contributed by atoms with Crippen LogP contribution in [-0.2, 0) is 10.0 Å². The van der Waals surface area contributed by atoms with Crippen LogP contribution in [0.5, 0.6) is 0 Å². The van der Waals surface area contributed by atoms with Crippen molar-refractivity contribution >= 4 is 33.8 Å². The molecule has 1 aliphatic rings. The van der Waals surface area contributed by atoms with Crippen molar-refractivity contribution in [1.29, 1.82) is 0 Å². The van der Waals surface area contributed by atoms with Gasteiger partial charge in [-0.2, -0.15) is 0 Å². The van der Waals surface area contributed by atoms with E-state index in [0.29, 0.717) is 10.8 Å². The highest BCUT2D eigenvalue weighted by molar-refractivity contribution is 7.91. The fourth-order valence-corrected chi connectivity index (χ4v) is 4.83. The number of sulfonamides is 1. The number of nitrogens with one attached hydrogen (secondary N) is 1. The summed E-state index contributed by atoms with van der Waals surface area (Å²) in [6.45, 7) is 2.34. The molecule has 0 aromatic carbocycles. The third-order valence-electron chi connectivity index (χ3n) is 3.38. The van der Waals surface area contributed by atoms with Gasteiger partial charge in [-0.25, -0.2) is 18.1 Å². The van der Waals surface area contributed by atoms with E-state index in [4.69, 9.17) is 5.73 Å². The second-order valence-corrected chi connectivity index (χ2v) is 7.88. The quantitative estimate of drug-likeness (QED) is 0.881. The molecule has 0 bridgehead atoms. The SMILES string of the molecule is Cc1ncc(S(=O)(=O)NC2CCCCC2CN)s1.Cl. The molecule has 1 fully saturated rings. The van der Waals surface area contributed by atoms with Crippen molar-refractivity contribution < 1.29 is 8.42 Å². The molecular formula is C11H20ClN3O2S2. The van der Waals surface area contributed by atoms with Crippen molar-refractivity contribution in [1.82, 2.24) is 9.71 Å². The number of hydrogen-bond acceptors (Lipinski definition) is 5. The average molecular weight is 326 g/mol. The van der Waals surface area contributed by atoms with Crippen molar-refractivity contribution in [2.45, 2.75) is 42.9 Å². The molecule has 0 radical (unpaired) electrons. The predicted molar refractivity (Wildman–Crippen MR) is 79.2 cm³/mol. The number of thiazole rings is 1. The molecule has 0 aliphatic heterocycles. The van der Waals surface area contributed by atoms with Gasteiger partial charge in [0.15, 0.2) is 4.21 Å². The van der Waals surface area contributed by atoms with Gasteiger partial charge in [-0.1, -0.05) is 12.8 Å². The molecule has 110 valence electrons. The molecule has 1 heterocycles. The predicted octanol–water partition coefficient (Wildman–Crippen LogP) is 1.67. The Morgan fingerprint density at radius 3 is 2.74 bits per heavy atom. The second kappa shape index (κ2) is 6.99. The number of nitrogens with zero attached hydrogens (tertiary/aromatic N) is 1. The Bertz CT molecular complexity index is 504. The highest BCUT2D eigenvalue weighted by atomic mass is 35.5. The average Bonchev–Trinajstić information content (AvgIpc) is 2.77. The van der Waals surface area contributed by atoms with Crippen LogP contribution in [0.1, 0.15) is 30.7 Å². The molecule has 1 aromatic heterocycles. The van der Waals surface area contributed by atoms with Crippen LogP contribution in [0.25, 0.3) is 0 Å². The van der Waals surface area contributed by atoms with Crippen LogP contribution < -0.4 is 10.5 Å². The molecule has 2 unspecified atom stereocenters. The van der Waals surface area contributed by atoms with E-state index in [-0.39, 0.29) is 24.4 Å². The van der Waals surface area contributed by atoms with E-state index >= 15 is 0 Å². The van der Waals surface area contributed by atoms with Crippen molar-refractivity contribution in [3.05, 3.63) is 11.2 Å². The van der Waals surface area contributed by atoms with E-state index in [0.717, 1.165) is 30.7 Å². The molecule has 8 heteroatoms. The van der Waals surface area contributed by atoms with E-state index in [2.05, 4.69) is 9.71 Å². The van der Waals surface area contributed by atoms with Gasteiger partial charge in [-0.3, -0.25) is 0 Å².